The number of carbonyl (C=O) groups is 1. The lowest BCUT2D eigenvalue weighted by Gasteiger charge is -2.04. The summed E-state index contributed by atoms with van der Waals surface area (Å²) in [6, 6.07) is 8.50. The summed E-state index contributed by atoms with van der Waals surface area (Å²) in [5, 5.41) is 0. The van der Waals surface area contributed by atoms with Crippen LogP contribution in [-0.2, 0) is 4.79 Å². The van der Waals surface area contributed by atoms with E-state index in [-0.39, 0.29) is 0 Å². The summed E-state index contributed by atoms with van der Waals surface area (Å²) < 4.78 is 0. The first-order valence-electron chi connectivity index (χ1n) is 5.53. The highest BCUT2D eigenvalue weighted by Crippen LogP contribution is 2.16. The molecule has 0 aliphatic rings. The molecule has 0 saturated heterocycles. The Morgan fingerprint density at radius 1 is 1.19 bits per heavy atom. The zero-order valence-corrected chi connectivity index (χ0v) is 10.1. The van der Waals surface area contributed by atoms with Crippen LogP contribution in [0.5, 0.6) is 0 Å². The largest absolute Gasteiger partial charge is 0.299 e. The molecule has 84 valence electrons. The molecule has 0 unspecified atom stereocenters. The van der Waals surface area contributed by atoms with Crippen molar-refractivity contribution >= 4 is 12.4 Å². The van der Waals surface area contributed by atoms with Crippen LogP contribution in [0.4, 0.5) is 0 Å². The number of carbonyl (C=O) groups excluding carboxylic acids is 1. The lowest BCUT2D eigenvalue weighted by Crippen LogP contribution is -1.86. The smallest absolute Gasteiger partial charge is 0.142 e. The molecule has 0 amide bonds. The van der Waals surface area contributed by atoms with Crippen LogP contribution >= 0.6 is 0 Å². The van der Waals surface area contributed by atoms with E-state index in [1.807, 2.05) is 13.0 Å². The fourth-order valence-electron chi connectivity index (χ4n) is 1.48. The maximum Gasteiger partial charge on any atom is 0.142 e. The Kier molecular flexibility index (Phi) is 4.71. The third-order valence-electron chi connectivity index (χ3n) is 2.44. The van der Waals surface area contributed by atoms with Crippen molar-refractivity contribution in [2.45, 2.75) is 26.7 Å². The second-order valence-electron chi connectivity index (χ2n) is 4.20. The van der Waals surface area contributed by atoms with E-state index >= 15 is 0 Å². The highest BCUT2D eigenvalue weighted by molar-refractivity contribution is 5.67. The van der Waals surface area contributed by atoms with Gasteiger partial charge in [-0.05, 0) is 30.0 Å². The van der Waals surface area contributed by atoms with Crippen molar-refractivity contribution in [2.75, 3.05) is 0 Å². The van der Waals surface area contributed by atoms with Crippen molar-refractivity contribution in [3.8, 4) is 0 Å². The van der Waals surface area contributed by atoms with Crippen molar-refractivity contribution in [2.24, 2.45) is 0 Å². The second-order valence-corrected chi connectivity index (χ2v) is 4.20. The molecule has 0 bridgehead atoms. The number of rotatable bonds is 4. The van der Waals surface area contributed by atoms with E-state index < -0.39 is 0 Å². The molecule has 1 heteroatoms. The Bertz CT molecular complexity index is 394. The van der Waals surface area contributed by atoms with Gasteiger partial charge < -0.3 is 0 Å². The normalized spacial score (nSPS) is 12.4. The molecule has 0 aliphatic heterocycles. The molecule has 0 aromatic heterocycles. The fraction of sp³-hybridized carbons (Fsp3) is 0.267. The van der Waals surface area contributed by atoms with E-state index in [2.05, 4.69) is 44.2 Å². The van der Waals surface area contributed by atoms with Crippen molar-refractivity contribution in [1.29, 1.82) is 0 Å². The van der Waals surface area contributed by atoms with Gasteiger partial charge in [0.05, 0.1) is 0 Å². The zero-order chi connectivity index (χ0) is 12.0. The third-order valence-corrected chi connectivity index (χ3v) is 2.44. The van der Waals surface area contributed by atoms with Gasteiger partial charge in [-0.15, -0.1) is 0 Å². The zero-order valence-electron chi connectivity index (χ0n) is 10.1. The van der Waals surface area contributed by atoms with Gasteiger partial charge in [-0.2, -0.15) is 0 Å². The Morgan fingerprint density at radius 2 is 1.81 bits per heavy atom. The van der Waals surface area contributed by atoms with Crippen LogP contribution in [-0.4, -0.2) is 6.29 Å². The Hall–Kier alpha value is -1.63. The number of aldehydes is 1. The van der Waals surface area contributed by atoms with E-state index in [4.69, 9.17) is 0 Å². The highest BCUT2D eigenvalue weighted by Gasteiger charge is 1.97. The molecular formula is C15H18O. The minimum Gasteiger partial charge on any atom is -0.299 e. The van der Waals surface area contributed by atoms with Crippen LogP contribution in [0.2, 0.25) is 0 Å². The number of allylic oxidation sites excluding steroid dienone is 3. The topological polar surface area (TPSA) is 17.1 Å². The molecule has 0 N–H and O–H groups in total. The van der Waals surface area contributed by atoms with Gasteiger partial charge in [0, 0.05) is 0 Å². The molecule has 0 heterocycles. The summed E-state index contributed by atoms with van der Waals surface area (Å²) in [5.41, 5.74) is 3.58. The molecule has 1 nitrogen and oxygen atoms in total. The van der Waals surface area contributed by atoms with Crippen LogP contribution in [0.3, 0.4) is 0 Å². The second kappa shape index (κ2) is 6.06. The average molecular weight is 214 g/mol. The number of benzene rings is 1. The van der Waals surface area contributed by atoms with E-state index in [0.29, 0.717) is 5.92 Å². The predicted octanol–water partition coefficient (Wildman–Crippen LogP) is 3.97. The van der Waals surface area contributed by atoms with Gasteiger partial charge in [-0.1, -0.05) is 55.8 Å². The number of hydrogen-bond acceptors (Lipinski definition) is 1. The van der Waals surface area contributed by atoms with Gasteiger partial charge in [0.15, 0.2) is 0 Å². The minimum absolute atomic E-state index is 0.564. The van der Waals surface area contributed by atoms with Crippen molar-refractivity contribution in [1.82, 2.24) is 0 Å². The van der Waals surface area contributed by atoms with Crippen molar-refractivity contribution in [3.05, 3.63) is 53.1 Å². The Morgan fingerprint density at radius 3 is 2.31 bits per heavy atom. The van der Waals surface area contributed by atoms with Gasteiger partial charge >= 0.3 is 0 Å². The summed E-state index contributed by atoms with van der Waals surface area (Å²) in [6.07, 6.45) is 6.17. The molecule has 0 radical (unpaired) electrons. The van der Waals surface area contributed by atoms with Gasteiger partial charge in [-0.3, -0.25) is 4.79 Å². The molecule has 0 fully saturated rings. The fourth-order valence-corrected chi connectivity index (χ4v) is 1.48. The summed E-state index contributed by atoms with van der Waals surface area (Å²) in [4.78, 5) is 10.2. The van der Waals surface area contributed by atoms with Gasteiger partial charge in [-0.25, -0.2) is 0 Å². The molecule has 0 atom stereocenters. The standard InChI is InChI=1S/C15H18O/c1-12(2)15-8-6-14(7-9-15)11-13(3)5-4-10-16/h4-12H,1-3H3/b5-4+,13-11-. The maximum absolute atomic E-state index is 10.2. The first kappa shape index (κ1) is 12.4. The van der Waals surface area contributed by atoms with E-state index in [1.165, 1.54) is 11.6 Å². The summed E-state index contributed by atoms with van der Waals surface area (Å²) in [5.74, 6) is 0.564. The summed E-state index contributed by atoms with van der Waals surface area (Å²) in [6.45, 7) is 6.35. The molecule has 1 aromatic carbocycles. The summed E-state index contributed by atoms with van der Waals surface area (Å²) >= 11 is 0. The highest BCUT2D eigenvalue weighted by atomic mass is 16.1. The monoisotopic (exact) mass is 214 g/mol. The average Bonchev–Trinajstić information content (AvgIpc) is 2.27. The lowest BCUT2D eigenvalue weighted by molar-refractivity contribution is -0.104. The van der Waals surface area contributed by atoms with E-state index in [9.17, 15) is 4.79 Å². The van der Waals surface area contributed by atoms with Crippen LogP contribution in [0.25, 0.3) is 6.08 Å². The van der Waals surface area contributed by atoms with Gasteiger partial charge in [0.2, 0.25) is 0 Å². The SMILES string of the molecule is CC(=C/c1ccc(C(C)C)cc1)/C=C/C=O. The van der Waals surface area contributed by atoms with Crippen LogP contribution < -0.4 is 0 Å². The molecular weight excluding hydrogens is 196 g/mol. The molecule has 0 spiro atoms. The minimum atomic E-state index is 0.564. The van der Waals surface area contributed by atoms with Crippen molar-refractivity contribution in [3.63, 3.8) is 0 Å². The van der Waals surface area contributed by atoms with E-state index in [1.54, 1.807) is 0 Å². The van der Waals surface area contributed by atoms with Gasteiger partial charge in [0.25, 0.3) is 0 Å². The first-order chi connectivity index (χ1) is 7.63. The van der Waals surface area contributed by atoms with Gasteiger partial charge in [0.1, 0.15) is 6.29 Å². The van der Waals surface area contributed by atoms with Crippen LogP contribution in [0.15, 0.2) is 42.0 Å². The molecule has 1 rings (SSSR count). The van der Waals surface area contributed by atoms with Crippen LogP contribution in [0, 0.1) is 0 Å². The molecule has 1 aromatic rings. The Balaban J connectivity index is 2.82. The van der Waals surface area contributed by atoms with Crippen molar-refractivity contribution < 1.29 is 4.79 Å². The quantitative estimate of drug-likeness (QED) is 0.421. The maximum atomic E-state index is 10.2. The number of hydrogen-bond donors (Lipinski definition) is 0. The molecule has 0 aliphatic carbocycles. The third kappa shape index (κ3) is 3.85. The molecule has 16 heavy (non-hydrogen) atoms. The Labute approximate surface area is 97.5 Å². The predicted molar refractivity (Wildman–Crippen MR) is 69.4 cm³/mol. The molecule has 0 saturated carbocycles. The van der Waals surface area contributed by atoms with Crippen LogP contribution in [0.1, 0.15) is 37.8 Å². The van der Waals surface area contributed by atoms with E-state index in [0.717, 1.165) is 17.4 Å². The summed E-state index contributed by atoms with van der Waals surface area (Å²) in [7, 11) is 0. The first-order valence-corrected chi connectivity index (χ1v) is 5.53. The lowest BCUT2D eigenvalue weighted by atomic mass is 10.0.